The van der Waals surface area contributed by atoms with Crippen molar-refractivity contribution in [3.63, 3.8) is 0 Å². The Labute approximate surface area is 141 Å². The number of rotatable bonds is 13. The second-order valence-electron chi connectivity index (χ2n) is 5.25. The summed E-state index contributed by atoms with van der Waals surface area (Å²) >= 11 is 0. The van der Waals surface area contributed by atoms with Crippen molar-refractivity contribution in [1.82, 2.24) is 0 Å². The first-order valence-electron chi connectivity index (χ1n) is 8.73. The lowest BCUT2D eigenvalue weighted by molar-refractivity contribution is -0.138. The van der Waals surface area contributed by atoms with Gasteiger partial charge in [-0.1, -0.05) is 78.4 Å². The Balaban J connectivity index is 0. The van der Waals surface area contributed by atoms with Gasteiger partial charge in [-0.2, -0.15) is 0 Å². The molecule has 0 atom stereocenters. The number of carbonyl (C=O) groups is 2. The molecule has 0 rings (SSSR count). The molecule has 0 saturated heterocycles. The third-order valence-electron chi connectivity index (χ3n) is 3.20. The maximum absolute atomic E-state index is 11.0. The fraction of sp³-hybridized carbons (Fsp3) is 0.684. The maximum Gasteiger partial charge on any atom is 0.310 e. The van der Waals surface area contributed by atoms with Crippen molar-refractivity contribution < 1.29 is 19.1 Å². The molecule has 0 spiro atoms. The number of unbranched alkanes of at least 4 members (excludes halogenated alkanes) is 8. The topological polar surface area (TPSA) is 52.6 Å². The fourth-order valence-electron chi connectivity index (χ4n) is 1.91. The largest absolute Gasteiger partial charge is 0.435 e. The standard InChI is InChI=1S/C14H26O2.C5H8O2/c1-3-5-6-7-8-9-10-11-12-13-14(15)16-4-2;1-3-5(6)7-4-2/h4H,2-3,5-13H2,1H3;4H,2-3H2,1H3. The second-order valence-corrected chi connectivity index (χ2v) is 5.25. The van der Waals surface area contributed by atoms with Gasteiger partial charge < -0.3 is 9.47 Å². The van der Waals surface area contributed by atoms with Crippen LogP contribution < -0.4 is 0 Å². The highest BCUT2D eigenvalue weighted by molar-refractivity contribution is 5.69. The van der Waals surface area contributed by atoms with E-state index in [1.165, 1.54) is 51.2 Å². The van der Waals surface area contributed by atoms with Gasteiger partial charge in [-0.05, 0) is 6.42 Å². The Morgan fingerprint density at radius 2 is 1.17 bits per heavy atom. The predicted octanol–water partition coefficient (Wildman–Crippen LogP) is 5.68. The predicted molar refractivity (Wildman–Crippen MR) is 94.7 cm³/mol. The molecule has 0 aromatic heterocycles. The molecule has 0 aromatic carbocycles. The lowest BCUT2D eigenvalue weighted by atomic mass is 10.1. The fourth-order valence-corrected chi connectivity index (χ4v) is 1.91. The normalized spacial score (nSPS) is 9.30. The molecule has 23 heavy (non-hydrogen) atoms. The number of esters is 2. The second kappa shape index (κ2) is 20.4. The van der Waals surface area contributed by atoms with E-state index in [0.29, 0.717) is 12.8 Å². The highest BCUT2D eigenvalue weighted by atomic mass is 16.5. The van der Waals surface area contributed by atoms with E-state index < -0.39 is 0 Å². The summed E-state index contributed by atoms with van der Waals surface area (Å²) in [5.74, 6) is -0.395. The SMILES string of the molecule is C=COC(=O)CC.C=COC(=O)CCCCCCCCCCC. The lowest BCUT2D eigenvalue weighted by Crippen LogP contribution is -1.98. The molecule has 0 unspecified atom stereocenters. The molecule has 0 aliphatic rings. The molecular weight excluding hydrogens is 292 g/mol. The van der Waals surface area contributed by atoms with Crippen LogP contribution in [0.1, 0.15) is 84.5 Å². The molecule has 0 heterocycles. The Morgan fingerprint density at radius 1 is 0.739 bits per heavy atom. The molecule has 134 valence electrons. The van der Waals surface area contributed by atoms with Crippen LogP contribution in [-0.4, -0.2) is 11.9 Å². The van der Waals surface area contributed by atoms with Gasteiger partial charge in [0.05, 0.1) is 12.5 Å². The zero-order valence-corrected chi connectivity index (χ0v) is 15.0. The highest BCUT2D eigenvalue weighted by Crippen LogP contribution is 2.10. The summed E-state index contributed by atoms with van der Waals surface area (Å²) in [6, 6.07) is 0. The number of carbonyl (C=O) groups excluding carboxylic acids is 2. The summed E-state index contributed by atoms with van der Waals surface area (Å²) in [6.45, 7) is 10.5. The van der Waals surface area contributed by atoms with Crippen molar-refractivity contribution in [2.45, 2.75) is 84.5 Å². The van der Waals surface area contributed by atoms with Gasteiger partial charge in [-0.15, -0.1) is 0 Å². The van der Waals surface area contributed by atoms with Gasteiger partial charge in [0, 0.05) is 12.8 Å². The van der Waals surface area contributed by atoms with E-state index in [1.807, 2.05) is 0 Å². The molecule has 0 amide bonds. The highest BCUT2D eigenvalue weighted by Gasteiger charge is 1.99. The molecular formula is C19H34O4. The van der Waals surface area contributed by atoms with E-state index in [0.717, 1.165) is 19.1 Å². The first kappa shape index (κ1) is 23.7. The first-order chi connectivity index (χ1) is 11.1. The molecule has 0 radical (unpaired) electrons. The molecule has 0 saturated carbocycles. The smallest absolute Gasteiger partial charge is 0.310 e. The molecule has 0 fully saturated rings. The quantitative estimate of drug-likeness (QED) is 0.248. The minimum absolute atomic E-state index is 0.155. The van der Waals surface area contributed by atoms with Gasteiger partial charge in [-0.25, -0.2) is 0 Å². The molecule has 0 bridgehead atoms. The van der Waals surface area contributed by atoms with Crippen molar-refractivity contribution in [2.24, 2.45) is 0 Å². The molecule has 4 nitrogen and oxygen atoms in total. The van der Waals surface area contributed by atoms with E-state index in [1.54, 1.807) is 6.92 Å². The van der Waals surface area contributed by atoms with Crippen LogP contribution >= 0.6 is 0 Å². The third-order valence-corrected chi connectivity index (χ3v) is 3.20. The van der Waals surface area contributed by atoms with E-state index in [4.69, 9.17) is 0 Å². The Bertz CT molecular complexity index is 310. The zero-order chi connectivity index (χ0) is 17.8. The van der Waals surface area contributed by atoms with Crippen LogP contribution in [0.2, 0.25) is 0 Å². The van der Waals surface area contributed by atoms with E-state index in [2.05, 4.69) is 29.6 Å². The Kier molecular flexibility index (Phi) is 21.0. The lowest BCUT2D eigenvalue weighted by Gasteiger charge is -2.01. The monoisotopic (exact) mass is 326 g/mol. The minimum atomic E-state index is -0.241. The van der Waals surface area contributed by atoms with Crippen molar-refractivity contribution in [2.75, 3.05) is 0 Å². The van der Waals surface area contributed by atoms with Crippen LogP contribution in [0.15, 0.2) is 25.7 Å². The number of hydrogen-bond acceptors (Lipinski definition) is 4. The van der Waals surface area contributed by atoms with Gasteiger partial charge >= 0.3 is 11.9 Å². The molecule has 0 aromatic rings. The van der Waals surface area contributed by atoms with Crippen LogP contribution in [-0.2, 0) is 19.1 Å². The van der Waals surface area contributed by atoms with Crippen LogP contribution in [0.4, 0.5) is 0 Å². The summed E-state index contributed by atoms with van der Waals surface area (Å²) in [4.78, 5) is 21.1. The molecule has 0 aliphatic heterocycles. The van der Waals surface area contributed by atoms with Gasteiger partial charge in [0.2, 0.25) is 0 Å². The summed E-state index contributed by atoms with van der Waals surface area (Å²) in [5.41, 5.74) is 0. The Morgan fingerprint density at radius 3 is 1.57 bits per heavy atom. The first-order valence-corrected chi connectivity index (χ1v) is 8.73. The molecule has 0 N–H and O–H groups in total. The summed E-state index contributed by atoms with van der Waals surface area (Å²) in [7, 11) is 0. The molecule has 4 heteroatoms. The van der Waals surface area contributed by atoms with Crippen molar-refractivity contribution >= 4 is 11.9 Å². The van der Waals surface area contributed by atoms with Crippen LogP contribution in [0.3, 0.4) is 0 Å². The summed E-state index contributed by atoms with van der Waals surface area (Å²) in [5, 5.41) is 0. The average Bonchev–Trinajstić information content (AvgIpc) is 2.54. The summed E-state index contributed by atoms with van der Waals surface area (Å²) in [6.07, 6.45) is 14.7. The zero-order valence-electron chi connectivity index (χ0n) is 15.0. The van der Waals surface area contributed by atoms with Crippen molar-refractivity contribution in [3.8, 4) is 0 Å². The van der Waals surface area contributed by atoms with E-state index >= 15 is 0 Å². The third kappa shape index (κ3) is 22.8. The van der Waals surface area contributed by atoms with E-state index in [9.17, 15) is 9.59 Å². The van der Waals surface area contributed by atoms with E-state index in [-0.39, 0.29) is 11.9 Å². The average molecular weight is 326 g/mol. The molecule has 0 aliphatic carbocycles. The van der Waals surface area contributed by atoms with Crippen LogP contribution in [0.5, 0.6) is 0 Å². The van der Waals surface area contributed by atoms with Gasteiger partial charge in [0.15, 0.2) is 0 Å². The number of ether oxygens (including phenoxy) is 2. The van der Waals surface area contributed by atoms with Gasteiger partial charge in [-0.3, -0.25) is 9.59 Å². The van der Waals surface area contributed by atoms with Crippen molar-refractivity contribution in [3.05, 3.63) is 25.7 Å². The Hall–Kier alpha value is -1.58. The van der Waals surface area contributed by atoms with Gasteiger partial charge in [0.1, 0.15) is 0 Å². The van der Waals surface area contributed by atoms with Crippen LogP contribution in [0, 0.1) is 0 Å². The van der Waals surface area contributed by atoms with Crippen LogP contribution in [0.25, 0.3) is 0 Å². The minimum Gasteiger partial charge on any atom is -0.435 e. The number of hydrogen-bond donors (Lipinski definition) is 0. The maximum atomic E-state index is 11.0. The van der Waals surface area contributed by atoms with Gasteiger partial charge in [0.25, 0.3) is 0 Å². The van der Waals surface area contributed by atoms with Crippen molar-refractivity contribution in [1.29, 1.82) is 0 Å². The summed E-state index contributed by atoms with van der Waals surface area (Å²) < 4.78 is 8.95.